The Morgan fingerprint density at radius 3 is 2.64 bits per heavy atom. The fourth-order valence-electron chi connectivity index (χ4n) is 4.68. The van der Waals surface area contributed by atoms with Crippen LogP contribution in [0.15, 0.2) is 59.4 Å². The predicted octanol–water partition coefficient (Wildman–Crippen LogP) is 4.29. The number of hydrogen-bond acceptors (Lipinski definition) is 4. The topological polar surface area (TPSA) is 88.5 Å². The van der Waals surface area contributed by atoms with Gasteiger partial charge < -0.3 is 20.6 Å². The highest BCUT2D eigenvalue weighted by atomic mass is 19.1. The van der Waals surface area contributed by atoms with Gasteiger partial charge in [0.05, 0.1) is 18.6 Å². The molecule has 4 N–H and O–H groups in total. The Balaban J connectivity index is 1.47. The number of rotatable bonds is 9. The Bertz CT molecular complexity index is 1080. The van der Waals surface area contributed by atoms with Crippen molar-refractivity contribution in [3.63, 3.8) is 0 Å². The second-order valence-corrected chi connectivity index (χ2v) is 8.76. The van der Waals surface area contributed by atoms with Crippen LogP contribution < -0.4 is 11.1 Å². The van der Waals surface area contributed by atoms with Crippen molar-refractivity contribution < 1.29 is 23.1 Å². The van der Waals surface area contributed by atoms with Crippen LogP contribution in [0.1, 0.15) is 42.0 Å². The summed E-state index contributed by atoms with van der Waals surface area (Å²) in [5.74, 6) is -2.51. The molecule has 1 aliphatic rings. The number of aliphatic hydroxyl groups excluding tert-OH is 1. The van der Waals surface area contributed by atoms with Crippen LogP contribution >= 0.6 is 0 Å². The second-order valence-electron chi connectivity index (χ2n) is 8.76. The molecule has 2 unspecified atom stereocenters. The van der Waals surface area contributed by atoms with E-state index in [1.807, 2.05) is 6.07 Å². The van der Waals surface area contributed by atoms with Gasteiger partial charge in [-0.15, -0.1) is 0 Å². The molecule has 1 heterocycles. The zero-order chi connectivity index (χ0) is 23.4. The smallest absolute Gasteiger partial charge is 0.217 e. The number of amides is 1. The average molecular weight is 455 g/mol. The van der Waals surface area contributed by atoms with E-state index in [2.05, 4.69) is 23.5 Å². The lowest BCUT2D eigenvalue weighted by molar-refractivity contribution is -0.119. The molecule has 5 nitrogen and oxygen atoms in total. The summed E-state index contributed by atoms with van der Waals surface area (Å²) >= 11 is 0. The third kappa shape index (κ3) is 5.86. The monoisotopic (exact) mass is 454 g/mol. The summed E-state index contributed by atoms with van der Waals surface area (Å²) in [4.78, 5) is 11.6. The van der Waals surface area contributed by atoms with Gasteiger partial charge in [0.15, 0.2) is 0 Å². The fraction of sp³-hybridized carbons (Fsp3) is 0.346. The largest absolute Gasteiger partial charge is 0.472 e. The van der Waals surface area contributed by atoms with Crippen LogP contribution in [0.2, 0.25) is 0 Å². The first-order valence-electron chi connectivity index (χ1n) is 11.2. The van der Waals surface area contributed by atoms with Gasteiger partial charge in [0.2, 0.25) is 5.91 Å². The molecule has 3 aromatic rings. The summed E-state index contributed by atoms with van der Waals surface area (Å²) in [7, 11) is 0. The van der Waals surface area contributed by atoms with Crippen LogP contribution in [0.4, 0.5) is 8.78 Å². The Morgan fingerprint density at radius 2 is 1.94 bits per heavy atom. The maximum absolute atomic E-state index is 13.6. The van der Waals surface area contributed by atoms with E-state index in [1.54, 1.807) is 12.5 Å². The van der Waals surface area contributed by atoms with Crippen LogP contribution in [-0.4, -0.2) is 23.7 Å². The number of nitrogens with one attached hydrogen (secondary N) is 1. The number of furan rings is 1. The van der Waals surface area contributed by atoms with E-state index < -0.39 is 29.6 Å². The summed E-state index contributed by atoms with van der Waals surface area (Å²) in [5.41, 5.74) is 10.3. The first-order valence-corrected chi connectivity index (χ1v) is 11.2. The summed E-state index contributed by atoms with van der Waals surface area (Å²) in [5, 5.41) is 14.3. The minimum atomic E-state index is -0.911. The maximum atomic E-state index is 13.6. The minimum Gasteiger partial charge on any atom is -0.472 e. The number of benzene rings is 2. The number of aliphatic hydroxyl groups is 1. The van der Waals surface area contributed by atoms with Crippen LogP contribution in [0, 0.1) is 17.6 Å². The number of halogens is 2. The lowest BCUT2D eigenvalue weighted by atomic mass is 9.85. The third-order valence-corrected chi connectivity index (χ3v) is 6.32. The molecule has 1 aromatic heterocycles. The van der Waals surface area contributed by atoms with Gasteiger partial charge in [0.25, 0.3) is 0 Å². The maximum Gasteiger partial charge on any atom is 0.217 e. The SMILES string of the molecule is NC(=O)CC(Cc1cc(F)cc(F)c1)C(O)CN[C@H]1CCCc2ccc(-c3ccoc3)cc21. The molecule has 0 spiro atoms. The first kappa shape index (κ1) is 23.1. The van der Waals surface area contributed by atoms with Gasteiger partial charge in [-0.2, -0.15) is 0 Å². The van der Waals surface area contributed by atoms with Crippen molar-refractivity contribution in [3.05, 3.63) is 83.3 Å². The van der Waals surface area contributed by atoms with Crippen molar-refractivity contribution in [3.8, 4) is 11.1 Å². The van der Waals surface area contributed by atoms with E-state index in [4.69, 9.17) is 10.2 Å². The van der Waals surface area contributed by atoms with Gasteiger partial charge in [-0.25, -0.2) is 8.78 Å². The fourth-order valence-corrected chi connectivity index (χ4v) is 4.68. The van der Waals surface area contributed by atoms with Crippen molar-refractivity contribution in [2.24, 2.45) is 11.7 Å². The standard InChI is InChI=1S/C26H28F2N2O3/c27-21-9-16(10-22(28)13-21)8-20(12-26(29)32)25(31)14-30-24-3-1-2-17-4-5-18(11-23(17)24)19-6-7-33-15-19/h4-7,9-11,13,15,20,24-25,30-31H,1-3,8,12,14H2,(H2,29,32)/t20?,24-,25?/m0/s1. The molecular weight excluding hydrogens is 426 g/mol. The molecule has 0 bridgehead atoms. The number of hydrogen-bond donors (Lipinski definition) is 3. The molecule has 7 heteroatoms. The average Bonchev–Trinajstić information content (AvgIpc) is 3.30. The van der Waals surface area contributed by atoms with E-state index in [0.717, 1.165) is 36.5 Å². The molecule has 3 atom stereocenters. The summed E-state index contributed by atoms with van der Waals surface area (Å²) in [6.07, 6.45) is 5.45. The van der Waals surface area contributed by atoms with Crippen molar-refractivity contribution in [2.45, 2.75) is 44.2 Å². The van der Waals surface area contributed by atoms with Crippen molar-refractivity contribution in [1.29, 1.82) is 0 Å². The van der Waals surface area contributed by atoms with E-state index in [9.17, 15) is 18.7 Å². The van der Waals surface area contributed by atoms with Gasteiger partial charge in [-0.05, 0) is 78.1 Å². The highest BCUT2D eigenvalue weighted by Gasteiger charge is 2.26. The molecule has 0 fully saturated rings. The quantitative estimate of drug-likeness (QED) is 0.450. The van der Waals surface area contributed by atoms with Gasteiger partial charge >= 0.3 is 0 Å². The van der Waals surface area contributed by atoms with Crippen LogP contribution in [-0.2, 0) is 17.6 Å². The molecular formula is C26H28F2N2O3. The van der Waals surface area contributed by atoms with Crippen molar-refractivity contribution in [2.75, 3.05) is 6.54 Å². The number of aryl methyl sites for hydroxylation is 1. The Labute approximate surface area is 191 Å². The summed E-state index contributed by atoms with van der Waals surface area (Å²) in [6, 6.07) is 11.6. The third-order valence-electron chi connectivity index (χ3n) is 6.32. The van der Waals surface area contributed by atoms with Gasteiger partial charge in [-0.1, -0.05) is 12.1 Å². The normalized spacial score (nSPS) is 17.4. The zero-order valence-corrected chi connectivity index (χ0v) is 18.3. The molecule has 174 valence electrons. The van der Waals surface area contributed by atoms with Gasteiger partial charge in [0.1, 0.15) is 11.6 Å². The number of carbonyl (C=O) groups excluding carboxylic acids is 1. The molecule has 1 aliphatic carbocycles. The second kappa shape index (κ2) is 10.3. The molecule has 0 saturated heterocycles. The molecule has 2 aromatic carbocycles. The lowest BCUT2D eigenvalue weighted by Crippen LogP contribution is -2.38. The molecule has 1 amide bonds. The Morgan fingerprint density at radius 1 is 1.15 bits per heavy atom. The van der Waals surface area contributed by atoms with Gasteiger partial charge in [-0.3, -0.25) is 4.79 Å². The van der Waals surface area contributed by atoms with Crippen LogP contribution in [0.25, 0.3) is 11.1 Å². The predicted molar refractivity (Wildman–Crippen MR) is 121 cm³/mol. The number of primary amides is 1. The van der Waals surface area contributed by atoms with E-state index in [1.165, 1.54) is 23.3 Å². The number of fused-ring (bicyclic) bond motifs is 1. The first-order chi connectivity index (χ1) is 15.9. The Kier molecular flexibility index (Phi) is 7.20. The Hall–Kier alpha value is -3.03. The zero-order valence-electron chi connectivity index (χ0n) is 18.3. The molecule has 0 radical (unpaired) electrons. The van der Waals surface area contributed by atoms with E-state index in [0.29, 0.717) is 5.56 Å². The van der Waals surface area contributed by atoms with E-state index in [-0.39, 0.29) is 25.4 Å². The van der Waals surface area contributed by atoms with Crippen molar-refractivity contribution in [1.82, 2.24) is 5.32 Å². The highest BCUT2D eigenvalue weighted by Crippen LogP contribution is 2.33. The molecule has 4 rings (SSSR count). The van der Waals surface area contributed by atoms with Crippen molar-refractivity contribution >= 4 is 5.91 Å². The lowest BCUT2D eigenvalue weighted by Gasteiger charge is -2.30. The minimum absolute atomic E-state index is 0.0519. The van der Waals surface area contributed by atoms with Crippen LogP contribution in [0.3, 0.4) is 0 Å². The number of nitrogens with two attached hydrogens (primary N) is 1. The molecule has 0 aliphatic heterocycles. The van der Waals surface area contributed by atoms with Gasteiger partial charge in [0, 0.05) is 30.6 Å². The molecule has 33 heavy (non-hydrogen) atoms. The summed E-state index contributed by atoms with van der Waals surface area (Å²) < 4.78 is 32.4. The highest BCUT2D eigenvalue weighted by molar-refractivity contribution is 5.74. The molecule has 0 saturated carbocycles. The number of carbonyl (C=O) groups is 1. The summed E-state index contributed by atoms with van der Waals surface area (Å²) in [6.45, 7) is 0.232. The van der Waals surface area contributed by atoms with E-state index >= 15 is 0 Å². The van der Waals surface area contributed by atoms with Crippen LogP contribution in [0.5, 0.6) is 0 Å².